The van der Waals surface area contributed by atoms with Crippen LogP contribution >= 0.6 is 15.9 Å². The Kier molecular flexibility index (Phi) is 3.48. The summed E-state index contributed by atoms with van der Waals surface area (Å²) in [6.07, 6.45) is 2.00. The fourth-order valence-electron chi connectivity index (χ4n) is 0.842. The zero-order valence-electron chi connectivity index (χ0n) is 6.85. The van der Waals surface area contributed by atoms with E-state index in [2.05, 4.69) is 15.9 Å². The van der Waals surface area contributed by atoms with Gasteiger partial charge in [0.15, 0.2) is 0 Å². The summed E-state index contributed by atoms with van der Waals surface area (Å²) in [5, 5.41) is 0. The van der Waals surface area contributed by atoms with E-state index in [0.717, 1.165) is 10.0 Å². The van der Waals surface area contributed by atoms with Gasteiger partial charge in [-0.1, -0.05) is 35.0 Å². The lowest BCUT2D eigenvalue weighted by Gasteiger charge is -1.94. The molecule has 12 heavy (non-hydrogen) atoms. The number of allylic oxidation sites excluding steroid dienone is 1. The molecule has 0 atom stereocenters. The Hall–Kier alpha value is -0.630. The molecular weight excluding hydrogens is 219 g/mol. The van der Waals surface area contributed by atoms with Gasteiger partial charge in [0.05, 0.1) is 0 Å². The second-order valence-corrected chi connectivity index (χ2v) is 3.41. The molecule has 0 fully saturated rings. The topological polar surface area (TPSA) is 0 Å². The van der Waals surface area contributed by atoms with Crippen molar-refractivity contribution in [2.75, 3.05) is 0 Å². The van der Waals surface area contributed by atoms with Crippen LogP contribution < -0.4 is 0 Å². The van der Waals surface area contributed by atoms with Gasteiger partial charge in [0.1, 0.15) is 5.83 Å². The predicted octanol–water partition coefficient (Wildman–Crippen LogP) is 4.17. The van der Waals surface area contributed by atoms with Gasteiger partial charge in [-0.15, -0.1) is 0 Å². The lowest BCUT2D eigenvalue weighted by atomic mass is 10.2. The average molecular weight is 229 g/mol. The molecule has 0 aliphatic rings. The summed E-state index contributed by atoms with van der Waals surface area (Å²) >= 11 is 3.31. The largest absolute Gasteiger partial charge is 0.212 e. The van der Waals surface area contributed by atoms with Crippen molar-refractivity contribution in [2.45, 2.75) is 13.3 Å². The molecule has 64 valence electrons. The molecule has 1 aromatic rings. The van der Waals surface area contributed by atoms with Crippen LogP contribution in [-0.4, -0.2) is 0 Å². The molecule has 0 saturated heterocycles. The van der Waals surface area contributed by atoms with Gasteiger partial charge < -0.3 is 0 Å². The highest BCUT2D eigenvalue weighted by Gasteiger charge is 1.91. The quantitative estimate of drug-likeness (QED) is 0.713. The molecule has 1 aromatic carbocycles. The summed E-state index contributed by atoms with van der Waals surface area (Å²) in [6, 6.07) is 7.54. The van der Waals surface area contributed by atoms with Crippen LogP contribution in [0.15, 0.2) is 34.6 Å². The second-order valence-electron chi connectivity index (χ2n) is 2.50. The van der Waals surface area contributed by atoms with Crippen LogP contribution in [0, 0.1) is 0 Å². The summed E-state index contributed by atoms with van der Waals surface area (Å²) in [7, 11) is 0. The van der Waals surface area contributed by atoms with E-state index >= 15 is 0 Å². The maximum atomic E-state index is 12.8. The van der Waals surface area contributed by atoms with Gasteiger partial charge in [0.25, 0.3) is 0 Å². The van der Waals surface area contributed by atoms with Crippen molar-refractivity contribution >= 4 is 22.0 Å². The summed E-state index contributed by atoms with van der Waals surface area (Å²) in [5.74, 6) is -0.0858. The molecule has 0 nitrogen and oxygen atoms in total. The number of halogens is 2. The van der Waals surface area contributed by atoms with Gasteiger partial charge >= 0.3 is 0 Å². The molecule has 0 aliphatic carbocycles. The summed E-state index contributed by atoms with van der Waals surface area (Å²) < 4.78 is 13.8. The first-order chi connectivity index (χ1) is 5.72. The summed E-state index contributed by atoms with van der Waals surface area (Å²) in [4.78, 5) is 0. The van der Waals surface area contributed by atoms with Gasteiger partial charge in [-0.2, -0.15) is 0 Å². The molecule has 0 bridgehead atoms. The van der Waals surface area contributed by atoms with Crippen molar-refractivity contribution in [1.29, 1.82) is 0 Å². The van der Waals surface area contributed by atoms with Gasteiger partial charge in [-0.3, -0.25) is 0 Å². The van der Waals surface area contributed by atoms with Crippen molar-refractivity contribution in [3.8, 4) is 0 Å². The van der Waals surface area contributed by atoms with Crippen LogP contribution in [0.5, 0.6) is 0 Å². The molecule has 0 saturated carbocycles. The van der Waals surface area contributed by atoms with Crippen molar-refractivity contribution in [2.24, 2.45) is 0 Å². The molecule has 0 amide bonds. The van der Waals surface area contributed by atoms with Crippen LogP contribution in [-0.2, 0) is 0 Å². The minimum absolute atomic E-state index is 0.0858. The van der Waals surface area contributed by atoms with Crippen LogP contribution in [0.3, 0.4) is 0 Å². The molecule has 0 heterocycles. The molecule has 0 radical (unpaired) electrons. The normalized spacial score (nSPS) is 11.8. The van der Waals surface area contributed by atoms with Crippen LogP contribution in [0.4, 0.5) is 4.39 Å². The first-order valence-corrected chi connectivity index (χ1v) is 4.63. The molecule has 0 N–H and O–H groups in total. The standard InChI is InChI=1S/C10H10BrF/c1-2-10(12)7-8-3-5-9(11)6-4-8/h3-7H,2H2,1H3. The average Bonchev–Trinajstić information content (AvgIpc) is 2.09. The minimum Gasteiger partial charge on any atom is -0.212 e. The number of rotatable bonds is 2. The van der Waals surface area contributed by atoms with E-state index in [1.807, 2.05) is 24.3 Å². The van der Waals surface area contributed by atoms with E-state index in [1.54, 1.807) is 13.0 Å². The second kappa shape index (κ2) is 4.41. The Balaban J connectivity index is 2.84. The van der Waals surface area contributed by atoms with Crippen molar-refractivity contribution in [1.82, 2.24) is 0 Å². The van der Waals surface area contributed by atoms with E-state index in [-0.39, 0.29) is 5.83 Å². The maximum absolute atomic E-state index is 12.8. The Morgan fingerprint density at radius 2 is 2.00 bits per heavy atom. The molecule has 1 rings (SSSR count). The number of hydrogen-bond donors (Lipinski definition) is 0. The number of hydrogen-bond acceptors (Lipinski definition) is 0. The Bertz CT molecular complexity index is 274. The van der Waals surface area contributed by atoms with E-state index in [9.17, 15) is 4.39 Å². The zero-order chi connectivity index (χ0) is 8.97. The fourth-order valence-corrected chi connectivity index (χ4v) is 1.11. The molecule has 0 aromatic heterocycles. The smallest absolute Gasteiger partial charge is 0.100 e. The molecule has 0 unspecified atom stereocenters. The van der Waals surface area contributed by atoms with Gasteiger partial charge in [0.2, 0.25) is 0 Å². The van der Waals surface area contributed by atoms with Crippen molar-refractivity contribution in [3.05, 3.63) is 40.1 Å². The van der Waals surface area contributed by atoms with Gasteiger partial charge in [0, 0.05) is 4.47 Å². The first kappa shape index (κ1) is 9.46. The first-order valence-electron chi connectivity index (χ1n) is 3.84. The zero-order valence-corrected chi connectivity index (χ0v) is 8.44. The SMILES string of the molecule is CCC(F)=Cc1ccc(Br)cc1. The molecule has 0 spiro atoms. The lowest BCUT2D eigenvalue weighted by molar-refractivity contribution is 0.612. The van der Waals surface area contributed by atoms with Gasteiger partial charge in [-0.05, 0) is 30.2 Å². The Labute approximate surface area is 80.2 Å². The Morgan fingerprint density at radius 1 is 1.42 bits per heavy atom. The highest BCUT2D eigenvalue weighted by atomic mass is 79.9. The van der Waals surface area contributed by atoms with Crippen molar-refractivity contribution in [3.63, 3.8) is 0 Å². The van der Waals surface area contributed by atoms with E-state index in [0.29, 0.717) is 6.42 Å². The third-order valence-corrected chi connectivity index (χ3v) is 2.06. The predicted molar refractivity (Wildman–Crippen MR) is 53.5 cm³/mol. The maximum Gasteiger partial charge on any atom is 0.100 e. The van der Waals surface area contributed by atoms with Crippen LogP contribution in [0.1, 0.15) is 18.9 Å². The fraction of sp³-hybridized carbons (Fsp3) is 0.200. The Morgan fingerprint density at radius 3 is 2.50 bits per heavy atom. The lowest BCUT2D eigenvalue weighted by Crippen LogP contribution is -1.73. The third-order valence-electron chi connectivity index (χ3n) is 1.53. The molecule has 2 heteroatoms. The highest BCUT2D eigenvalue weighted by molar-refractivity contribution is 9.10. The minimum atomic E-state index is -0.0858. The monoisotopic (exact) mass is 228 g/mol. The summed E-state index contributed by atoms with van der Waals surface area (Å²) in [5.41, 5.74) is 0.901. The molecule has 0 aliphatic heterocycles. The van der Waals surface area contributed by atoms with E-state index in [4.69, 9.17) is 0 Å². The van der Waals surface area contributed by atoms with Crippen LogP contribution in [0.25, 0.3) is 6.08 Å². The van der Waals surface area contributed by atoms with Crippen LogP contribution in [0.2, 0.25) is 0 Å². The highest BCUT2D eigenvalue weighted by Crippen LogP contribution is 2.14. The summed E-state index contributed by atoms with van der Waals surface area (Å²) in [6.45, 7) is 1.80. The van der Waals surface area contributed by atoms with Gasteiger partial charge in [-0.25, -0.2) is 4.39 Å². The van der Waals surface area contributed by atoms with E-state index < -0.39 is 0 Å². The third kappa shape index (κ3) is 2.78. The number of benzene rings is 1. The van der Waals surface area contributed by atoms with E-state index in [1.165, 1.54) is 0 Å². The van der Waals surface area contributed by atoms with Crippen molar-refractivity contribution < 1.29 is 4.39 Å². The molecular formula is C10H10BrF.